The van der Waals surface area contributed by atoms with Gasteiger partial charge in [0.2, 0.25) is 6.29 Å². The average Bonchev–Trinajstić information content (AvgIpc) is 3.00. The van der Waals surface area contributed by atoms with Crippen molar-refractivity contribution in [3.8, 4) is 0 Å². The Bertz CT molecular complexity index is 786. The molecule has 0 bridgehead atoms. The van der Waals surface area contributed by atoms with Gasteiger partial charge in [0.05, 0.1) is 12.0 Å². The molecular weight excluding hydrogens is 376 g/mol. The molecule has 1 aliphatic heterocycles. The summed E-state index contributed by atoms with van der Waals surface area (Å²) in [5.41, 5.74) is 1.17. The number of carbonyl (C=O) groups excluding carboxylic acids is 1. The van der Waals surface area contributed by atoms with Crippen molar-refractivity contribution in [2.24, 2.45) is 45.3 Å². The molecule has 9 atom stereocenters. The van der Waals surface area contributed by atoms with E-state index < -0.39 is 17.8 Å². The van der Waals surface area contributed by atoms with Gasteiger partial charge in [0.15, 0.2) is 0 Å². The molecule has 4 aliphatic carbocycles. The molecule has 0 spiro atoms. The minimum Gasteiger partial charge on any atom is -0.432 e. The number of hydrogen-bond acceptors (Lipinski definition) is 4. The van der Waals surface area contributed by atoms with E-state index in [0.717, 1.165) is 24.3 Å². The zero-order valence-electron chi connectivity index (χ0n) is 19.7. The van der Waals surface area contributed by atoms with Gasteiger partial charge in [-0.1, -0.05) is 47.1 Å². The lowest BCUT2D eigenvalue weighted by molar-refractivity contribution is -0.249. The Kier molecular flexibility index (Phi) is 4.44. The first-order valence-electron chi connectivity index (χ1n) is 12.1. The van der Waals surface area contributed by atoms with E-state index in [9.17, 15) is 9.90 Å². The molecule has 4 nitrogen and oxygen atoms in total. The molecule has 0 aromatic heterocycles. The van der Waals surface area contributed by atoms with Crippen LogP contribution >= 0.6 is 0 Å². The molecule has 4 fully saturated rings. The molecule has 30 heavy (non-hydrogen) atoms. The van der Waals surface area contributed by atoms with Crippen LogP contribution in [0.5, 0.6) is 0 Å². The number of aliphatic hydroxyl groups is 1. The third-order valence-electron chi connectivity index (χ3n) is 11.1. The molecule has 1 saturated heterocycles. The maximum absolute atomic E-state index is 12.5. The lowest BCUT2D eigenvalue weighted by Gasteiger charge is -2.70. The molecule has 3 saturated carbocycles. The third-order valence-corrected chi connectivity index (χ3v) is 11.1. The molecular formula is C26H40O4. The number of hydrogen-bond donors (Lipinski definition) is 1. The van der Waals surface area contributed by atoms with Gasteiger partial charge in [0.25, 0.3) is 0 Å². The van der Waals surface area contributed by atoms with Crippen molar-refractivity contribution in [3.63, 3.8) is 0 Å². The predicted molar refractivity (Wildman–Crippen MR) is 115 cm³/mol. The Morgan fingerprint density at radius 3 is 2.43 bits per heavy atom. The van der Waals surface area contributed by atoms with Crippen molar-refractivity contribution < 1.29 is 19.4 Å². The van der Waals surface area contributed by atoms with E-state index in [4.69, 9.17) is 9.47 Å². The first-order chi connectivity index (χ1) is 14.0. The molecule has 168 valence electrons. The highest BCUT2D eigenvalue weighted by atomic mass is 16.7. The second-order valence-corrected chi connectivity index (χ2v) is 12.5. The highest BCUT2D eigenvalue weighted by molar-refractivity contribution is 5.91. The van der Waals surface area contributed by atoms with Gasteiger partial charge < -0.3 is 14.6 Å². The fourth-order valence-electron chi connectivity index (χ4n) is 9.79. The van der Waals surface area contributed by atoms with Crippen LogP contribution in [-0.4, -0.2) is 30.6 Å². The summed E-state index contributed by atoms with van der Waals surface area (Å²) in [5.74, 6) is 1.16. The van der Waals surface area contributed by atoms with E-state index in [1.54, 1.807) is 7.11 Å². The molecule has 1 N–H and O–H groups in total. The number of fused-ring (bicyclic) bond motifs is 7. The SMILES string of the molecule is CO[C@@H]1OC(=O)C2=CC[C@H]3[C@]4(C)CC[C@H]5C(C)(C)CCC[C@]5(C)[C@H]4C[C@@H](O)[C@]3(C)[C@@H]21. The van der Waals surface area contributed by atoms with E-state index in [0.29, 0.717) is 17.3 Å². The lowest BCUT2D eigenvalue weighted by Crippen LogP contribution is -2.66. The van der Waals surface area contributed by atoms with E-state index in [1.807, 2.05) is 0 Å². The van der Waals surface area contributed by atoms with Crippen LogP contribution in [0.1, 0.15) is 79.6 Å². The maximum Gasteiger partial charge on any atom is 0.336 e. The Morgan fingerprint density at radius 2 is 1.73 bits per heavy atom. The molecule has 5 aliphatic rings. The van der Waals surface area contributed by atoms with Crippen LogP contribution in [0, 0.1) is 45.3 Å². The van der Waals surface area contributed by atoms with Crippen LogP contribution in [0.4, 0.5) is 0 Å². The monoisotopic (exact) mass is 416 g/mol. The van der Waals surface area contributed by atoms with Gasteiger partial charge in [-0.2, -0.15) is 0 Å². The van der Waals surface area contributed by atoms with E-state index >= 15 is 0 Å². The predicted octanol–water partition coefficient (Wildman–Crippen LogP) is 5.10. The summed E-state index contributed by atoms with van der Waals surface area (Å²) >= 11 is 0. The summed E-state index contributed by atoms with van der Waals surface area (Å²) in [6.07, 6.45) is 9.20. The number of ether oxygens (including phenoxy) is 2. The molecule has 5 rings (SSSR count). The number of cyclic esters (lactones) is 1. The minimum absolute atomic E-state index is 0.165. The van der Waals surface area contributed by atoms with Crippen LogP contribution < -0.4 is 0 Å². The van der Waals surface area contributed by atoms with Crippen LogP contribution in [0.2, 0.25) is 0 Å². The summed E-state index contributed by atoms with van der Waals surface area (Å²) in [6, 6.07) is 0. The number of rotatable bonds is 1. The molecule has 1 heterocycles. The number of methoxy groups -OCH3 is 1. The van der Waals surface area contributed by atoms with Crippen molar-refractivity contribution in [2.75, 3.05) is 7.11 Å². The second kappa shape index (κ2) is 6.34. The van der Waals surface area contributed by atoms with Crippen molar-refractivity contribution in [3.05, 3.63) is 11.6 Å². The second-order valence-electron chi connectivity index (χ2n) is 12.5. The van der Waals surface area contributed by atoms with Crippen LogP contribution in [0.3, 0.4) is 0 Å². The Morgan fingerprint density at radius 1 is 1.03 bits per heavy atom. The average molecular weight is 417 g/mol. The summed E-state index contributed by atoms with van der Waals surface area (Å²) in [4.78, 5) is 12.5. The van der Waals surface area contributed by atoms with E-state index in [1.165, 1.54) is 32.1 Å². The third kappa shape index (κ3) is 2.38. The topological polar surface area (TPSA) is 55.8 Å². The van der Waals surface area contributed by atoms with Crippen LogP contribution in [-0.2, 0) is 14.3 Å². The fourth-order valence-corrected chi connectivity index (χ4v) is 9.79. The van der Waals surface area contributed by atoms with E-state index in [2.05, 4.69) is 40.7 Å². The molecule has 0 radical (unpaired) electrons. The Balaban J connectivity index is 1.59. The number of aliphatic hydroxyl groups excluding tert-OH is 1. The zero-order chi connectivity index (χ0) is 21.7. The van der Waals surface area contributed by atoms with Gasteiger partial charge in [-0.25, -0.2) is 4.79 Å². The molecule has 0 unspecified atom stereocenters. The maximum atomic E-state index is 12.5. The standard InChI is InChI=1S/C26H40O4/c1-23(2)11-7-12-24(3)16(23)10-13-25(4)17-9-8-15-20(22(29-6)30-21(15)28)26(17,5)19(27)14-18(24)25/h8,16-20,22,27H,7,9-14H2,1-6H3/t16-,17-,18+,19+,20-,22+,24-,25-,26+/m0/s1. The summed E-state index contributed by atoms with van der Waals surface area (Å²) in [6.45, 7) is 12.2. The first kappa shape index (κ1) is 21.0. The lowest BCUT2D eigenvalue weighted by atomic mass is 9.34. The summed E-state index contributed by atoms with van der Waals surface area (Å²) < 4.78 is 11.2. The van der Waals surface area contributed by atoms with Crippen LogP contribution in [0.25, 0.3) is 0 Å². The van der Waals surface area contributed by atoms with Crippen LogP contribution in [0.15, 0.2) is 11.6 Å². The highest BCUT2D eigenvalue weighted by Crippen LogP contribution is 2.73. The number of esters is 1. The first-order valence-corrected chi connectivity index (χ1v) is 12.1. The smallest absolute Gasteiger partial charge is 0.336 e. The van der Waals surface area contributed by atoms with Crippen molar-refractivity contribution in [1.29, 1.82) is 0 Å². The van der Waals surface area contributed by atoms with Crippen molar-refractivity contribution in [1.82, 2.24) is 0 Å². The summed E-state index contributed by atoms with van der Waals surface area (Å²) in [7, 11) is 1.62. The van der Waals surface area contributed by atoms with Gasteiger partial charge in [-0.15, -0.1) is 0 Å². The molecule has 4 heteroatoms. The van der Waals surface area contributed by atoms with Crippen molar-refractivity contribution >= 4 is 5.97 Å². The van der Waals surface area contributed by atoms with Gasteiger partial charge in [-0.05, 0) is 72.5 Å². The Labute approximate surface area is 181 Å². The fraction of sp³-hybridized carbons (Fsp3) is 0.885. The Hall–Kier alpha value is -0.870. The minimum atomic E-state index is -0.577. The van der Waals surface area contributed by atoms with Gasteiger partial charge in [-0.3, -0.25) is 0 Å². The van der Waals surface area contributed by atoms with Crippen molar-refractivity contribution in [2.45, 2.75) is 92.0 Å². The normalized spacial score (nSPS) is 54.2. The van der Waals surface area contributed by atoms with E-state index in [-0.39, 0.29) is 22.7 Å². The summed E-state index contributed by atoms with van der Waals surface area (Å²) in [5, 5.41) is 11.7. The highest BCUT2D eigenvalue weighted by Gasteiger charge is 2.70. The molecule has 0 aromatic carbocycles. The van der Waals surface area contributed by atoms with Gasteiger partial charge in [0.1, 0.15) is 0 Å². The van der Waals surface area contributed by atoms with Gasteiger partial charge in [0, 0.05) is 18.1 Å². The number of allylic oxidation sites excluding steroid dienone is 1. The zero-order valence-corrected chi connectivity index (χ0v) is 19.7. The molecule has 0 amide bonds. The quantitative estimate of drug-likeness (QED) is 0.604. The van der Waals surface area contributed by atoms with Gasteiger partial charge >= 0.3 is 5.97 Å². The molecule has 0 aromatic rings. The number of carbonyl (C=O) groups is 1. The largest absolute Gasteiger partial charge is 0.432 e.